The maximum Gasteiger partial charge on any atom is 0.421 e. The fraction of sp³-hybridized carbons (Fsp3) is 0.333. The normalized spacial score (nSPS) is 11.6. The third-order valence-corrected chi connectivity index (χ3v) is 6.15. The fourth-order valence-corrected chi connectivity index (χ4v) is 4.59. The lowest BCUT2D eigenvalue weighted by Gasteiger charge is -2.25. The van der Waals surface area contributed by atoms with E-state index in [1.54, 1.807) is 44.4 Å². The number of hydrogen-bond donors (Lipinski definition) is 3. The van der Waals surface area contributed by atoms with Gasteiger partial charge in [-0.25, -0.2) is 19.7 Å². The second kappa shape index (κ2) is 10.2. The molecule has 0 unspecified atom stereocenters. The minimum absolute atomic E-state index is 0.161. The van der Waals surface area contributed by atoms with Gasteiger partial charge >= 0.3 is 6.09 Å². The molecule has 0 radical (unpaired) electrons. The highest BCUT2D eigenvalue weighted by Crippen LogP contribution is 2.35. The number of carbonyl (C=O) groups is 2. The Morgan fingerprint density at radius 2 is 1.89 bits per heavy atom. The van der Waals surface area contributed by atoms with Crippen LogP contribution < -0.4 is 15.5 Å². The number of thiazole rings is 1. The molecule has 9 nitrogen and oxygen atoms in total. The van der Waals surface area contributed by atoms with E-state index in [0.717, 1.165) is 37.7 Å². The molecule has 0 atom stereocenters. The molecular weight excluding hydrogens is 488 g/mol. The van der Waals surface area contributed by atoms with Crippen LogP contribution >= 0.6 is 11.3 Å². The van der Waals surface area contributed by atoms with Crippen molar-refractivity contribution in [3.05, 3.63) is 47.7 Å². The molecule has 194 valence electrons. The van der Waals surface area contributed by atoms with Crippen LogP contribution in [0.3, 0.4) is 0 Å². The van der Waals surface area contributed by atoms with Crippen LogP contribution in [0.15, 0.2) is 42.0 Å². The van der Waals surface area contributed by atoms with Crippen molar-refractivity contribution in [2.24, 2.45) is 0 Å². The maximum absolute atomic E-state index is 12.8. The number of nitrogens with one attached hydrogen (secondary N) is 3. The second-order valence-electron chi connectivity index (χ2n) is 10.1. The summed E-state index contributed by atoms with van der Waals surface area (Å²) in [4.78, 5) is 38.6. The molecule has 2 amide bonds. The average molecular weight is 521 g/mol. The number of amides is 2. The molecule has 37 heavy (non-hydrogen) atoms. The number of nitrogens with zero attached hydrogens (tertiary/aromatic N) is 3. The first-order valence-electron chi connectivity index (χ1n) is 12.0. The molecule has 0 aliphatic carbocycles. The van der Waals surface area contributed by atoms with E-state index in [9.17, 15) is 9.59 Å². The van der Waals surface area contributed by atoms with Gasteiger partial charge in [-0.1, -0.05) is 0 Å². The molecule has 3 N–H and O–H groups in total. The molecule has 0 bridgehead atoms. The molecule has 0 saturated carbocycles. The van der Waals surface area contributed by atoms with Crippen LogP contribution in [0.5, 0.6) is 0 Å². The highest BCUT2D eigenvalue weighted by atomic mass is 32.1. The quantitative estimate of drug-likeness (QED) is 0.255. The zero-order chi connectivity index (χ0) is 26.9. The number of rotatable bonds is 6. The van der Waals surface area contributed by atoms with E-state index in [1.165, 1.54) is 6.92 Å². The van der Waals surface area contributed by atoms with Crippen LogP contribution in [0.4, 0.5) is 27.7 Å². The predicted molar refractivity (Wildman–Crippen MR) is 150 cm³/mol. The van der Waals surface area contributed by atoms with Crippen molar-refractivity contribution >= 4 is 56.4 Å². The Morgan fingerprint density at radius 3 is 2.57 bits per heavy atom. The van der Waals surface area contributed by atoms with Gasteiger partial charge in [-0.2, -0.15) is 0 Å². The van der Waals surface area contributed by atoms with Crippen molar-refractivity contribution in [2.45, 2.75) is 60.1 Å². The van der Waals surface area contributed by atoms with E-state index >= 15 is 0 Å². The summed E-state index contributed by atoms with van der Waals surface area (Å²) in [6.45, 7) is 12.6. The molecule has 4 aromatic rings. The van der Waals surface area contributed by atoms with Crippen LogP contribution in [-0.4, -0.2) is 38.6 Å². The monoisotopic (exact) mass is 520 g/mol. The van der Waals surface area contributed by atoms with Crippen molar-refractivity contribution in [1.29, 1.82) is 0 Å². The van der Waals surface area contributed by atoms with Gasteiger partial charge in [-0.3, -0.25) is 4.79 Å². The molecule has 10 heteroatoms. The number of aromatic amines is 1. The van der Waals surface area contributed by atoms with Gasteiger partial charge in [-0.05, 0) is 65.8 Å². The van der Waals surface area contributed by atoms with Crippen LogP contribution in [0.1, 0.15) is 47.2 Å². The molecular formula is C27H32N6O3S. The third-order valence-electron chi connectivity index (χ3n) is 5.36. The number of aryl methyl sites for hydroxylation is 1. The number of ether oxygens (including phenoxy) is 1. The smallest absolute Gasteiger partial charge is 0.421 e. The highest BCUT2D eigenvalue weighted by molar-refractivity contribution is 7.16. The van der Waals surface area contributed by atoms with Crippen molar-refractivity contribution in [1.82, 2.24) is 15.0 Å². The summed E-state index contributed by atoms with van der Waals surface area (Å²) in [5.74, 6) is 0.248. The Morgan fingerprint density at radius 1 is 1.14 bits per heavy atom. The Hall–Kier alpha value is -3.92. The van der Waals surface area contributed by atoms with Crippen molar-refractivity contribution in [3.8, 4) is 11.3 Å². The molecule has 1 aromatic carbocycles. The molecule has 0 fully saturated rings. The lowest BCUT2D eigenvalue weighted by atomic mass is 10.1. The van der Waals surface area contributed by atoms with Crippen LogP contribution in [0.25, 0.3) is 21.5 Å². The number of anilines is 4. The van der Waals surface area contributed by atoms with Gasteiger partial charge in [0.05, 0.1) is 27.1 Å². The first-order chi connectivity index (χ1) is 17.4. The molecule has 3 aromatic heterocycles. The summed E-state index contributed by atoms with van der Waals surface area (Å²) in [6.07, 6.45) is 1.04. The lowest BCUT2D eigenvalue weighted by molar-refractivity contribution is -0.116. The van der Waals surface area contributed by atoms with Crippen molar-refractivity contribution in [2.75, 3.05) is 15.5 Å². The average Bonchev–Trinajstić information content (AvgIpc) is 3.38. The Labute approximate surface area is 220 Å². The summed E-state index contributed by atoms with van der Waals surface area (Å²) < 4.78 is 6.57. The predicted octanol–water partition coefficient (Wildman–Crippen LogP) is 6.85. The number of benzene rings is 1. The minimum atomic E-state index is -0.733. The van der Waals surface area contributed by atoms with E-state index in [4.69, 9.17) is 4.74 Å². The van der Waals surface area contributed by atoms with Crippen molar-refractivity contribution < 1.29 is 14.3 Å². The van der Waals surface area contributed by atoms with Gasteiger partial charge in [0, 0.05) is 47.9 Å². The van der Waals surface area contributed by atoms with E-state index in [0.29, 0.717) is 17.2 Å². The fourth-order valence-electron chi connectivity index (χ4n) is 3.88. The second-order valence-corrected chi connectivity index (χ2v) is 11.0. The standard InChI is InChI=1S/C27H32N6O3S/c1-15(2)30-22-12-25(32-18-8-9-20-24(10-18)37-14-29-20)28-13-19(22)21-11-23(16(3)31-21)33(17(4)34)26(35)36-27(5,6)7/h8-15,31H,1-7H3,(H2,28,30,32). The van der Waals surface area contributed by atoms with Crippen LogP contribution in [0.2, 0.25) is 0 Å². The SMILES string of the molecule is CC(=O)N(C(=O)OC(C)(C)C)c1cc(-c2cnc(Nc3ccc4ncsc4c3)cc2NC(C)C)[nH]c1C. The summed E-state index contributed by atoms with van der Waals surface area (Å²) in [6, 6.07) is 9.87. The molecule has 0 saturated heterocycles. The number of carbonyl (C=O) groups excluding carboxylic acids is 2. The number of fused-ring (bicyclic) bond motifs is 1. The Balaban J connectivity index is 1.68. The van der Waals surface area contributed by atoms with E-state index < -0.39 is 17.6 Å². The van der Waals surface area contributed by atoms with Crippen molar-refractivity contribution in [3.63, 3.8) is 0 Å². The largest absolute Gasteiger partial charge is 0.443 e. The first kappa shape index (κ1) is 26.2. The molecule has 0 aliphatic heterocycles. The lowest BCUT2D eigenvalue weighted by Crippen LogP contribution is -2.40. The van der Waals surface area contributed by atoms with Crippen LogP contribution in [-0.2, 0) is 9.53 Å². The number of aromatic nitrogens is 3. The minimum Gasteiger partial charge on any atom is -0.443 e. The zero-order valence-corrected chi connectivity index (χ0v) is 22.9. The summed E-state index contributed by atoms with van der Waals surface area (Å²) in [7, 11) is 0. The van der Waals surface area contributed by atoms with Gasteiger partial charge in [0.2, 0.25) is 5.91 Å². The molecule has 0 aliphatic rings. The van der Waals surface area contributed by atoms with Gasteiger partial charge in [-0.15, -0.1) is 11.3 Å². The number of hydrogen-bond acceptors (Lipinski definition) is 8. The van der Waals surface area contributed by atoms with Gasteiger partial charge in [0.25, 0.3) is 0 Å². The molecule has 3 heterocycles. The van der Waals surface area contributed by atoms with Gasteiger partial charge in [0.1, 0.15) is 11.4 Å². The Kier molecular flexibility index (Phi) is 7.22. The van der Waals surface area contributed by atoms with Crippen LogP contribution in [0, 0.1) is 6.92 Å². The summed E-state index contributed by atoms with van der Waals surface area (Å²) in [5.41, 5.74) is 6.45. The topological polar surface area (TPSA) is 112 Å². The third kappa shape index (κ3) is 6.08. The van der Waals surface area contributed by atoms with E-state index in [2.05, 4.69) is 39.4 Å². The van der Waals surface area contributed by atoms with Gasteiger partial charge < -0.3 is 20.4 Å². The number of H-pyrrole nitrogens is 1. The molecule has 0 spiro atoms. The highest BCUT2D eigenvalue weighted by Gasteiger charge is 2.29. The number of pyridine rings is 1. The first-order valence-corrected chi connectivity index (χ1v) is 12.9. The number of imide groups is 1. The van der Waals surface area contributed by atoms with E-state index in [1.807, 2.05) is 36.7 Å². The van der Waals surface area contributed by atoms with Gasteiger partial charge in [0.15, 0.2) is 0 Å². The maximum atomic E-state index is 12.8. The Bertz CT molecular complexity index is 1450. The van der Waals surface area contributed by atoms with E-state index in [-0.39, 0.29) is 6.04 Å². The zero-order valence-electron chi connectivity index (χ0n) is 22.1. The summed E-state index contributed by atoms with van der Waals surface area (Å²) in [5, 5.41) is 6.85. The molecule has 4 rings (SSSR count). The summed E-state index contributed by atoms with van der Waals surface area (Å²) >= 11 is 1.59.